The largest absolute Gasteiger partial charge is 0.494 e. The van der Waals surface area contributed by atoms with E-state index in [2.05, 4.69) is 67.3 Å². The van der Waals surface area contributed by atoms with Crippen LogP contribution in [0.2, 0.25) is 0 Å². The highest BCUT2D eigenvalue weighted by atomic mass is 16.5. The molecule has 1 aliphatic heterocycles. The first-order valence-electron chi connectivity index (χ1n) is 8.73. The lowest BCUT2D eigenvalue weighted by atomic mass is 10.0. The van der Waals surface area contributed by atoms with Crippen LogP contribution >= 0.6 is 0 Å². The van der Waals surface area contributed by atoms with E-state index in [4.69, 9.17) is 4.74 Å². The number of aryl methyl sites for hydroxylation is 1. The molecule has 0 spiro atoms. The maximum Gasteiger partial charge on any atom is 0.119 e. The average Bonchev–Trinajstić information content (AvgIpc) is 2.98. The van der Waals surface area contributed by atoms with E-state index in [1.54, 1.807) is 0 Å². The molecule has 1 saturated heterocycles. The molecule has 1 aliphatic rings. The van der Waals surface area contributed by atoms with Gasteiger partial charge in [-0.3, -0.25) is 0 Å². The molecule has 2 aromatic rings. The van der Waals surface area contributed by atoms with Gasteiger partial charge in [-0.05, 0) is 55.5 Å². The first kappa shape index (κ1) is 16.1. The van der Waals surface area contributed by atoms with E-state index in [-0.39, 0.29) is 0 Å². The van der Waals surface area contributed by atoms with Crippen LogP contribution in [0.3, 0.4) is 0 Å². The summed E-state index contributed by atoms with van der Waals surface area (Å²) in [5.41, 5.74) is 3.80. The van der Waals surface area contributed by atoms with Gasteiger partial charge in [0.1, 0.15) is 5.75 Å². The van der Waals surface area contributed by atoms with E-state index in [9.17, 15) is 0 Å². The van der Waals surface area contributed by atoms with Crippen LogP contribution in [0, 0.1) is 12.8 Å². The van der Waals surface area contributed by atoms with Crippen LogP contribution in [0.4, 0.5) is 0 Å². The zero-order chi connectivity index (χ0) is 16.1. The summed E-state index contributed by atoms with van der Waals surface area (Å²) >= 11 is 0. The van der Waals surface area contributed by atoms with Crippen molar-refractivity contribution in [1.82, 2.24) is 4.90 Å². The molecule has 2 aromatic carbocycles. The third kappa shape index (κ3) is 4.59. The molecule has 0 bridgehead atoms. The molecule has 2 heteroatoms. The van der Waals surface area contributed by atoms with Gasteiger partial charge < -0.3 is 9.64 Å². The lowest BCUT2D eigenvalue weighted by Gasteiger charge is -2.15. The van der Waals surface area contributed by atoms with Gasteiger partial charge in [-0.15, -0.1) is 0 Å². The second-order valence-corrected chi connectivity index (χ2v) is 6.79. The topological polar surface area (TPSA) is 12.5 Å². The van der Waals surface area contributed by atoms with Crippen LogP contribution in [0.15, 0.2) is 48.5 Å². The molecule has 3 rings (SSSR count). The quantitative estimate of drug-likeness (QED) is 0.713. The fourth-order valence-electron chi connectivity index (χ4n) is 3.28. The summed E-state index contributed by atoms with van der Waals surface area (Å²) in [6, 6.07) is 17.0. The average molecular weight is 309 g/mol. The maximum atomic E-state index is 5.88. The normalized spacial score (nSPS) is 18.3. The third-order valence-corrected chi connectivity index (χ3v) is 4.60. The van der Waals surface area contributed by atoms with Gasteiger partial charge >= 0.3 is 0 Å². The molecule has 122 valence electrons. The Morgan fingerprint density at radius 2 is 1.91 bits per heavy atom. The maximum absolute atomic E-state index is 5.88. The zero-order valence-electron chi connectivity index (χ0n) is 14.3. The minimum absolute atomic E-state index is 0.800. The highest BCUT2D eigenvalue weighted by molar-refractivity contribution is 5.64. The van der Waals surface area contributed by atoms with Gasteiger partial charge in [-0.2, -0.15) is 0 Å². The Morgan fingerprint density at radius 1 is 1.09 bits per heavy atom. The monoisotopic (exact) mass is 309 g/mol. The zero-order valence-corrected chi connectivity index (χ0v) is 14.3. The minimum Gasteiger partial charge on any atom is -0.494 e. The molecule has 0 N–H and O–H groups in total. The first-order chi connectivity index (χ1) is 11.2. The molecular weight excluding hydrogens is 282 g/mol. The number of nitrogens with zero attached hydrogens (tertiary/aromatic N) is 1. The SMILES string of the molecule is Cc1cccc(-c2ccc(OCCCN3CCC(C)C3)cc2)c1. The summed E-state index contributed by atoms with van der Waals surface area (Å²) < 4.78 is 5.88. The molecule has 0 saturated carbocycles. The van der Waals surface area contributed by atoms with Gasteiger partial charge in [0.05, 0.1) is 6.61 Å². The lowest BCUT2D eigenvalue weighted by molar-refractivity contribution is 0.259. The minimum atomic E-state index is 0.800. The Labute approximate surface area is 140 Å². The summed E-state index contributed by atoms with van der Waals surface area (Å²) in [4.78, 5) is 2.55. The van der Waals surface area contributed by atoms with Crippen molar-refractivity contribution in [3.63, 3.8) is 0 Å². The van der Waals surface area contributed by atoms with Gasteiger partial charge in [0, 0.05) is 13.1 Å². The van der Waals surface area contributed by atoms with Gasteiger partial charge in [0.25, 0.3) is 0 Å². The number of hydrogen-bond acceptors (Lipinski definition) is 2. The van der Waals surface area contributed by atoms with Crippen LogP contribution in [-0.4, -0.2) is 31.1 Å². The molecular formula is C21H27NO. The van der Waals surface area contributed by atoms with E-state index in [0.717, 1.165) is 31.2 Å². The lowest BCUT2D eigenvalue weighted by Crippen LogP contribution is -2.22. The van der Waals surface area contributed by atoms with Crippen molar-refractivity contribution in [2.75, 3.05) is 26.2 Å². The smallest absolute Gasteiger partial charge is 0.119 e. The van der Waals surface area contributed by atoms with Crippen molar-refractivity contribution >= 4 is 0 Å². The second kappa shape index (κ2) is 7.65. The fraction of sp³-hybridized carbons (Fsp3) is 0.429. The van der Waals surface area contributed by atoms with Crippen LogP contribution in [-0.2, 0) is 0 Å². The summed E-state index contributed by atoms with van der Waals surface area (Å²) in [5.74, 6) is 1.83. The molecule has 1 heterocycles. The molecule has 2 nitrogen and oxygen atoms in total. The van der Waals surface area contributed by atoms with Crippen molar-refractivity contribution in [3.8, 4) is 16.9 Å². The van der Waals surface area contributed by atoms with E-state index in [1.807, 2.05) is 0 Å². The van der Waals surface area contributed by atoms with Crippen molar-refractivity contribution in [3.05, 3.63) is 54.1 Å². The molecule has 0 radical (unpaired) electrons. The van der Waals surface area contributed by atoms with Crippen LogP contribution < -0.4 is 4.74 Å². The van der Waals surface area contributed by atoms with Gasteiger partial charge in [0.15, 0.2) is 0 Å². The summed E-state index contributed by atoms with van der Waals surface area (Å²) in [6.45, 7) is 8.94. The van der Waals surface area contributed by atoms with Crippen molar-refractivity contribution in [2.24, 2.45) is 5.92 Å². The first-order valence-corrected chi connectivity index (χ1v) is 8.73. The molecule has 1 fully saturated rings. The number of rotatable bonds is 6. The number of ether oxygens (including phenoxy) is 1. The second-order valence-electron chi connectivity index (χ2n) is 6.79. The number of hydrogen-bond donors (Lipinski definition) is 0. The van der Waals surface area contributed by atoms with Gasteiger partial charge in [0.2, 0.25) is 0 Å². The number of benzene rings is 2. The predicted octanol–water partition coefficient (Wildman–Crippen LogP) is 4.77. The van der Waals surface area contributed by atoms with E-state index in [1.165, 1.54) is 36.2 Å². The van der Waals surface area contributed by atoms with Crippen LogP contribution in [0.5, 0.6) is 5.75 Å². The Bertz CT molecular complexity index is 620. The van der Waals surface area contributed by atoms with Crippen LogP contribution in [0.1, 0.15) is 25.3 Å². The molecule has 1 unspecified atom stereocenters. The number of likely N-dealkylation sites (tertiary alicyclic amines) is 1. The molecule has 0 aliphatic carbocycles. The summed E-state index contributed by atoms with van der Waals surface area (Å²) in [7, 11) is 0. The van der Waals surface area contributed by atoms with Gasteiger partial charge in [-0.25, -0.2) is 0 Å². The molecule has 1 atom stereocenters. The van der Waals surface area contributed by atoms with Crippen molar-refractivity contribution in [1.29, 1.82) is 0 Å². The molecule has 23 heavy (non-hydrogen) atoms. The highest BCUT2D eigenvalue weighted by Crippen LogP contribution is 2.23. The predicted molar refractivity (Wildman–Crippen MR) is 96.9 cm³/mol. The van der Waals surface area contributed by atoms with Crippen molar-refractivity contribution < 1.29 is 4.74 Å². The molecule has 0 aromatic heterocycles. The Morgan fingerprint density at radius 3 is 2.61 bits per heavy atom. The van der Waals surface area contributed by atoms with E-state index in [0.29, 0.717) is 0 Å². The summed E-state index contributed by atoms with van der Waals surface area (Å²) in [5, 5.41) is 0. The van der Waals surface area contributed by atoms with Gasteiger partial charge in [-0.1, -0.05) is 48.9 Å². The van der Waals surface area contributed by atoms with Crippen molar-refractivity contribution in [2.45, 2.75) is 26.7 Å². The highest BCUT2D eigenvalue weighted by Gasteiger charge is 2.17. The Hall–Kier alpha value is -1.80. The van der Waals surface area contributed by atoms with Crippen LogP contribution in [0.25, 0.3) is 11.1 Å². The third-order valence-electron chi connectivity index (χ3n) is 4.60. The van der Waals surface area contributed by atoms with E-state index >= 15 is 0 Å². The Kier molecular flexibility index (Phi) is 5.35. The van der Waals surface area contributed by atoms with E-state index < -0.39 is 0 Å². The Balaban J connectivity index is 1.46. The standard InChI is InChI=1S/C21H27NO/c1-17-5-3-6-20(15-17)19-7-9-21(10-8-19)23-14-4-12-22-13-11-18(2)16-22/h3,5-10,15,18H,4,11-14,16H2,1-2H3. The summed E-state index contributed by atoms with van der Waals surface area (Å²) in [6.07, 6.45) is 2.45. The fourth-order valence-corrected chi connectivity index (χ4v) is 3.28. The molecule has 0 amide bonds.